The predicted molar refractivity (Wildman–Crippen MR) is 104 cm³/mol. The van der Waals surface area contributed by atoms with E-state index in [1.54, 1.807) is 0 Å². The number of rotatable bonds is 5. The zero-order valence-electron chi connectivity index (χ0n) is 15.0. The second-order valence-corrected chi connectivity index (χ2v) is 7.19. The molecular weight excluding hydrogens is 367 g/mol. The van der Waals surface area contributed by atoms with E-state index in [1.807, 2.05) is 35.2 Å². The van der Waals surface area contributed by atoms with Crippen molar-refractivity contribution in [1.29, 1.82) is 0 Å². The molecule has 0 radical (unpaired) electrons. The first-order chi connectivity index (χ1) is 13.0. The lowest BCUT2D eigenvalue weighted by atomic mass is 9.95. The fraction of sp³-hybridized carbons (Fsp3) is 0.333. The molecule has 0 bridgehead atoms. The van der Waals surface area contributed by atoms with Gasteiger partial charge in [0.25, 0.3) is 0 Å². The average molecular weight is 389 g/mol. The molecule has 2 amide bonds. The molecule has 1 saturated heterocycles. The summed E-state index contributed by atoms with van der Waals surface area (Å²) < 4.78 is 13.8. The summed E-state index contributed by atoms with van der Waals surface area (Å²) in [5.41, 5.74) is 1.27. The van der Waals surface area contributed by atoms with Crippen LogP contribution in [0, 0.1) is 11.7 Å². The number of halogens is 2. The minimum atomic E-state index is -0.552. The molecule has 2 aromatic rings. The first kappa shape index (κ1) is 19.4. The molecule has 1 N–H and O–H groups in total. The van der Waals surface area contributed by atoms with E-state index in [2.05, 4.69) is 5.32 Å². The van der Waals surface area contributed by atoms with E-state index in [1.165, 1.54) is 18.2 Å². The van der Waals surface area contributed by atoms with Crippen molar-refractivity contribution in [1.82, 2.24) is 4.90 Å². The number of carbonyl (C=O) groups is 2. The van der Waals surface area contributed by atoms with Crippen LogP contribution in [0.3, 0.4) is 0 Å². The van der Waals surface area contributed by atoms with Gasteiger partial charge in [0, 0.05) is 30.5 Å². The van der Waals surface area contributed by atoms with Gasteiger partial charge < -0.3 is 10.2 Å². The number of hydrogen-bond acceptors (Lipinski definition) is 2. The maximum atomic E-state index is 13.8. The second kappa shape index (κ2) is 9.00. The van der Waals surface area contributed by atoms with Crippen molar-refractivity contribution >= 4 is 29.1 Å². The zero-order chi connectivity index (χ0) is 19.2. The Morgan fingerprint density at radius 2 is 1.81 bits per heavy atom. The second-order valence-electron chi connectivity index (χ2n) is 6.75. The van der Waals surface area contributed by atoms with Gasteiger partial charge in [-0.25, -0.2) is 4.39 Å². The smallest absolute Gasteiger partial charge is 0.227 e. The van der Waals surface area contributed by atoms with Gasteiger partial charge in [-0.05, 0) is 43.0 Å². The monoisotopic (exact) mass is 388 g/mol. The van der Waals surface area contributed by atoms with E-state index >= 15 is 0 Å². The van der Waals surface area contributed by atoms with Gasteiger partial charge in [-0.3, -0.25) is 9.59 Å². The van der Waals surface area contributed by atoms with Gasteiger partial charge in [-0.2, -0.15) is 0 Å². The Bertz CT molecular complexity index is 805. The first-order valence-corrected chi connectivity index (χ1v) is 9.48. The highest BCUT2D eigenvalue weighted by molar-refractivity contribution is 6.30. The maximum absolute atomic E-state index is 13.8. The van der Waals surface area contributed by atoms with Crippen molar-refractivity contribution in [3.05, 3.63) is 64.9 Å². The van der Waals surface area contributed by atoms with Crippen LogP contribution in [0.2, 0.25) is 5.02 Å². The highest BCUT2D eigenvalue weighted by atomic mass is 35.5. The minimum absolute atomic E-state index is 0.112. The third-order valence-corrected chi connectivity index (χ3v) is 5.11. The largest absolute Gasteiger partial charge is 0.343 e. The molecule has 1 heterocycles. The summed E-state index contributed by atoms with van der Waals surface area (Å²) in [5.74, 6) is -0.878. The van der Waals surface area contributed by atoms with Crippen molar-refractivity contribution in [3.63, 3.8) is 0 Å². The van der Waals surface area contributed by atoms with Crippen LogP contribution in [0.25, 0.3) is 0 Å². The predicted octanol–water partition coefficient (Wildman–Crippen LogP) is 4.29. The molecular formula is C21H22ClFN2O2. The summed E-state index contributed by atoms with van der Waals surface area (Å²) in [6.07, 6.45) is 2.35. The van der Waals surface area contributed by atoms with E-state index in [-0.39, 0.29) is 28.4 Å². The highest BCUT2D eigenvalue weighted by Gasteiger charge is 2.27. The number of nitrogens with one attached hydrogen (secondary N) is 1. The summed E-state index contributed by atoms with van der Waals surface area (Å²) >= 11 is 5.72. The van der Waals surface area contributed by atoms with Crippen LogP contribution in [0.1, 0.15) is 24.8 Å². The van der Waals surface area contributed by atoms with Gasteiger partial charge in [0.2, 0.25) is 11.8 Å². The lowest BCUT2D eigenvalue weighted by Gasteiger charge is -2.31. The molecule has 1 fully saturated rings. The van der Waals surface area contributed by atoms with E-state index in [9.17, 15) is 14.0 Å². The molecule has 0 spiro atoms. The van der Waals surface area contributed by atoms with Crippen LogP contribution >= 0.6 is 11.6 Å². The third-order valence-electron chi connectivity index (χ3n) is 4.88. The number of anilines is 1. The number of hydrogen-bond donors (Lipinski definition) is 1. The van der Waals surface area contributed by atoms with Crippen LogP contribution in [-0.2, 0) is 16.0 Å². The SMILES string of the molecule is O=C(Nc1ccc(Cl)cc1F)C1CCN(C(=O)CCc2ccccc2)CC1. The van der Waals surface area contributed by atoms with E-state index in [4.69, 9.17) is 11.6 Å². The number of piperidine rings is 1. The zero-order valence-corrected chi connectivity index (χ0v) is 15.7. The summed E-state index contributed by atoms with van der Waals surface area (Å²) in [4.78, 5) is 26.6. The fourth-order valence-corrected chi connectivity index (χ4v) is 3.43. The molecule has 142 valence electrons. The van der Waals surface area contributed by atoms with Gasteiger partial charge in [-0.1, -0.05) is 41.9 Å². The quantitative estimate of drug-likeness (QED) is 0.830. The summed E-state index contributed by atoms with van der Waals surface area (Å²) in [6, 6.07) is 14.1. The third kappa shape index (κ3) is 5.30. The van der Waals surface area contributed by atoms with Gasteiger partial charge in [0.15, 0.2) is 0 Å². The number of nitrogens with zero attached hydrogens (tertiary/aromatic N) is 1. The molecule has 1 aliphatic rings. The van der Waals surface area contributed by atoms with Crippen molar-refractivity contribution in [2.24, 2.45) is 5.92 Å². The maximum Gasteiger partial charge on any atom is 0.227 e. The van der Waals surface area contributed by atoms with Crippen LogP contribution in [0.15, 0.2) is 48.5 Å². The first-order valence-electron chi connectivity index (χ1n) is 9.10. The number of carbonyl (C=O) groups excluding carboxylic acids is 2. The molecule has 0 unspecified atom stereocenters. The minimum Gasteiger partial charge on any atom is -0.343 e. The van der Waals surface area contributed by atoms with Gasteiger partial charge in [-0.15, -0.1) is 0 Å². The lowest BCUT2D eigenvalue weighted by molar-refractivity contribution is -0.134. The molecule has 0 aromatic heterocycles. The summed E-state index contributed by atoms with van der Waals surface area (Å²) in [6.45, 7) is 1.10. The van der Waals surface area contributed by atoms with Gasteiger partial charge in [0.1, 0.15) is 5.82 Å². The molecule has 27 heavy (non-hydrogen) atoms. The molecule has 1 aliphatic heterocycles. The fourth-order valence-electron chi connectivity index (χ4n) is 3.27. The summed E-state index contributed by atoms with van der Waals surface area (Å²) in [5, 5.41) is 2.91. The van der Waals surface area contributed by atoms with Crippen LogP contribution in [0.4, 0.5) is 10.1 Å². The molecule has 6 heteroatoms. The lowest BCUT2D eigenvalue weighted by Crippen LogP contribution is -2.41. The van der Waals surface area contributed by atoms with Gasteiger partial charge in [0.05, 0.1) is 5.69 Å². The van der Waals surface area contributed by atoms with E-state index in [0.717, 1.165) is 12.0 Å². The van der Waals surface area contributed by atoms with Crippen molar-refractivity contribution in [2.45, 2.75) is 25.7 Å². The Balaban J connectivity index is 1.46. The van der Waals surface area contributed by atoms with Crippen LogP contribution in [0.5, 0.6) is 0 Å². The van der Waals surface area contributed by atoms with E-state index in [0.29, 0.717) is 32.4 Å². The normalized spacial score (nSPS) is 14.8. The highest BCUT2D eigenvalue weighted by Crippen LogP contribution is 2.23. The van der Waals surface area contributed by atoms with Crippen molar-refractivity contribution in [2.75, 3.05) is 18.4 Å². The Labute approximate surface area is 163 Å². The van der Waals surface area contributed by atoms with Crippen molar-refractivity contribution < 1.29 is 14.0 Å². The number of likely N-dealkylation sites (tertiary alicyclic amines) is 1. The van der Waals surface area contributed by atoms with E-state index < -0.39 is 5.82 Å². The molecule has 0 aliphatic carbocycles. The number of benzene rings is 2. The van der Waals surface area contributed by atoms with Crippen LogP contribution in [-0.4, -0.2) is 29.8 Å². The number of aryl methyl sites for hydroxylation is 1. The van der Waals surface area contributed by atoms with Crippen molar-refractivity contribution in [3.8, 4) is 0 Å². The topological polar surface area (TPSA) is 49.4 Å². The summed E-state index contributed by atoms with van der Waals surface area (Å²) in [7, 11) is 0. The number of amides is 2. The Kier molecular flexibility index (Phi) is 6.45. The molecule has 0 saturated carbocycles. The van der Waals surface area contributed by atoms with Gasteiger partial charge >= 0.3 is 0 Å². The molecule has 0 atom stereocenters. The Morgan fingerprint density at radius 3 is 2.48 bits per heavy atom. The standard InChI is InChI=1S/C21H22ClFN2O2/c22-17-7-8-19(18(23)14-17)24-21(27)16-10-12-25(13-11-16)20(26)9-6-15-4-2-1-3-5-15/h1-5,7-8,14,16H,6,9-13H2,(H,24,27). The molecule has 4 nitrogen and oxygen atoms in total. The molecule has 2 aromatic carbocycles. The Hall–Kier alpha value is -2.40. The Morgan fingerprint density at radius 1 is 1.11 bits per heavy atom. The average Bonchev–Trinajstić information content (AvgIpc) is 2.69. The van der Waals surface area contributed by atoms with Crippen LogP contribution < -0.4 is 5.32 Å². The molecule has 3 rings (SSSR count).